The largest absolute Gasteiger partial charge is 0.468 e. The minimum atomic E-state index is -0.754. The van der Waals surface area contributed by atoms with Gasteiger partial charge in [0.1, 0.15) is 11.5 Å². The number of alkyl carbamates (subject to hydrolysis) is 1. The number of carbonyl (C=O) groups excluding carboxylic acids is 3. The molecule has 1 N–H and O–H groups in total. The minimum Gasteiger partial charge on any atom is -0.468 e. The van der Waals surface area contributed by atoms with Crippen LogP contribution in [0.25, 0.3) is 0 Å². The molecule has 124 valence electrons. The van der Waals surface area contributed by atoms with Crippen molar-refractivity contribution >= 4 is 18.0 Å². The van der Waals surface area contributed by atoms with Crippen molar-refractivity contribution in [2.75, 3.05) is 13.7 Å². The Morgan fingerprint density at radius 2 is 2.00 bits per heavy atom. The zero-order valence-corrected chi connectivity index (χ0v) is 13.5. The number of piperidine rings is 1. The molecule has 2 aliphatic rings. The molecule has 0 aromatic carbocycles. The Labute approximate surface area is 130 Å². The van der Waals surface area contributed by atoms with E-state index in [0.717, 1.165) is 12.8 Å². The Kier molecular flexibility index (Phi) is 4.63. The fourth-order valence-corrected chi connectivity index (χ4v) is 3.13. The first-order valence-electron chi connectivity index (χ1n) is 7.61. The highest BCUT2D eigenvalue weighted by molar-refractivity contribution is 5.99. The molecule has 0 aromatic rings. The number of nitrogens with zero attached hydrogens (tertiary/aromatic N) is 1. The van der Waals surface area contributed by atoms with Gasteiger partial charge in [-0.05, 0) is 40.0 Å². The van der Waals surface area contributed by atoms with Gasteiger partial charge in [0, 0.05) is 6.54 Å². The molecule has 2 rings (SSSR count). The lowest BCUT2D eigenvalue weighted by atomic mass is 9.94. The standard InChI is InChI=1S/C15H24N2O5/c1-15(2,3)22-14(20)16-10-6-5-7-17-11(10)8-9(12(17)18)13(19)21-4/h9-11H,5-8H2,1-4H3,(H,16,20). The normalized spacial score (nSPS) is 28.1. The maximum atomic E-state index is 12.3. The van der Waals surface area contributed by atoms with Crippen molar-refractivity contribution in [2.24, 2.45) is 5.92 Å². The van der Waals surface area contributed by atoms with Gasteiger partial charge in [0.25, 0.3) is 0 Å². The molecule has 2 saturated heterocycles. The van der Waals surface area contributed by atoms with Gasteiger partial charge in [0.05, 0.1) is 19.2 Å². The van der Waals surface area contributed by atoms with Gasteiger partial charge in [0.2, 0.25) is 5.91 Å². The fraction of sp³-hybridized carbons (Fsp3) is 0.800. The number of methoxy groups -OCH3 is 1. The lowest BCUT2D eigenvalue weighted by molar-refractivity contribution is -0.150. The van der Waals surface area contributed by atoms with Gasteiger partial charge in [-0.3, -0.25) is 9.59 Å². The van der Waals surface area contributed by atoms with E-state index in [9.17, 15) is 14.4 Å². The summed E-state index contributed by atoms with van der Waals surface area (Å²) in [6.07, 6.45) is 1.44. The number of esters is 1. The summed E-state index contributed by atoms with van der Waals surface area (Å²) in [6.45, 7) is 6.01. The number of hydrogen-bond donors (Lipinski definition) is 1. The van der Waals surface area contributed by atoms with E-state index in [1.165, 1.54) is 7.11 Å². The molecule has 0 saturated carbocycles. The summed E-state index contributed by atoms with van der Waals surface area (Å²) in [5.74, 6) is -1.46. The summed E-state index contributed by atoms with van der Waals surface area (Å²) in [6, 6.07) is -0.361. The van der Waals surface area contributed by atoms with Gasteiger partial charge in [-0.15, -0.1) is 0 Å². The predicted molar refractivity (Wildman–Crippen MR) is 78.0 cm³/mol. The number of nitrogens with one attached hydrogen (secondary N) is 1. The topological polar surface area (TPSA) is 84.9 Å². The summed E-state index contributed by atoms with van der Waals surface area (Å²) in [7, 11) is 1.28. The SMILES string of the molecule is COC(=O)C1CC2C(NC(=O)OC(C)(C)C)CCCN2C1=O. The Hall–Kier alpha value is -1.79. The van der Waals surface area contributed by atoms with E-state index in [1.807, 2.05) is 0 Å². The van der Waals surface area contributed by atoms with Crippen LogP contribution in [-0.4, -0.2) is 54.2 Å². The molecule has 0 aromatic heterocycles. The molecule has 0 aliphatic carbocycles. The first-order chi connectivity index (χ1) is 10.2. The van der Waals surface area contributed by atoms with Crippen molar-refractivity contribution < 1.29 is 23.9 Å². The van der Waals surface area contributed by atoms with Gasteiger partial charge in [0.15, 0.2) is 0 Å². The van der Waals surface area contributed by atoms with Crippen LogP contribution in [0.1, 0.15) is 40.0 Å². The first kappa shape index (κ1) is 16.6. The van der Waals surface area contributed by atoms with Crippen molar-refractivity contribution in [3.05, 3.63) is 0 Å². The van der Waals surface area contributed by atoms with Gasteiger partial charge < -0.3 is 19.7 Å². The Morgan fingerprint density at radius 3 is 2.59 bits per heavy atom. The van der Waals surface area contributed by atoms with Crippen LogP contribution >= 0.6 is 0 Å². The third-order valence-electron chi connectivity index (χ3n) is 4.03. The minimum absolute atomic E-state index is 0.169. The summed E-state index contributed by atoms with van der Waals surface area (Å²) < 4.78 is 9.96. The van der Waals surface area contributed by atoms with Crippen molar-refractivity contribution in [2.45, 2.75) is 57.7 Å². The van der Waals surface area contributed by atoms with Crippen LogP contribution in [0.4, 0.5) is 4.79 Å². The molecule has 0 spiro atoms. The summed E-state index contributed by atoms with van der Waals surface area (Å²) in [5.41, 5.74) is -0.571. The second-order valence-electron chi connectivity index (χ2n) is 6.81. The predicted octanol–water partition coefficient (Wildman–Crippen LogP) is 1.06. The highest BCUT2D eigenvalue weighted by Gasteiger charge is 2.48. The average molecular weight is 312 g/mol. The van der Waals surface area contributed by atoms with E-state index in [1.54, 1.807) is 25.7 Å². The first-order valence-corrected chi connectivity index (χ1v) is 7.61. The van der Waals surface area contributed by atoms with Gasteiger partial charge in [-0.2, -0.15) is 0 Å². The highest BCUT2D eigenvalue weighted by Crippen LogP contribution is 2.32. The number of hydrogen-bond acceptors (Lipinski definition) is 5. The van der Waals surface area contributed by atoms with Crippen LogP contribution in [0.5, 0.6) is 0 Å². The van der Waals surface area contributed by atoms with E-state index in [-0.39, 0.29) is 18.0 Å². The molecule has 0 bridgehead atoms. The third kappa shape index (κ3) is 3.51. The van der Waals surface area contributed by atoms with Crippen LogP contribution in [0.3, 0.4) is 0 Å². The number of amides is 2. The van der Waals surface area contributed by atoms with Crippen LogP contribution in [0, 0.1) is 5.92 Å². The third-order valence-corrected chi connectivity index (χ3v) is 4.03. The summed E-state index contributed by atoms with van der Waals surface area (Å²) in [5, 5.41) is 2.84. The quantitative estimate of drug-likeness (QED) is 0.609. The van der Waals surface area contributed by atoms with Crippen molar-refractivity contribution in [1.29, 1.82) is 0 Å². The molecular weight excluding hydrogens is 288 g/mol. The Bertz CT molecular complexity index is 471. The van der Waals surface area contributed by atoms with Gasteiger partial charge >= 0.3 is 12.1 Å². The molecule has 22 heavy (non-hydrogen) atoms. The van der Waals surface area contributed by atoms with E-state index >= 15 is 0 Å². The summed E-state index contributed by atoms with van der Waals surface area (Å²) >= 11 is 0. The molecule has 0 radical (unpaired) electrons. The zero-order valence-electron chi connectivity index (χ0n) is 13.5. The highest BCUT2D eigenvalue weighted by atomic mass is 16.6. The second kappa shape index (κ2) is 6.14. The van der Waals surface area contributed by atoms with E-state index in [2.05, 4.69) is 5.32 Å². The van der Waals surface area contributed by atoms with E-state index in [0.29, 0.717) is 13.0 Å². The van der Waals surface area contributed by atoms with Crippen molar-refractivity contribution in [3.63, 3.8) is 0 Å². The van der Waals surface area contributed by atoms with E-state index < -0.39 is 23.6 Å². The summed E-state index contributed by atoms with van der Waals surface area (Å²) in [4.78, 5) is 37.6. The van der Waals surface area contributed by atoms with Crippen molar-refractivity contribution in [3.8, 4) is 0 Å². The molecular formula is C15H24N2O5. The molecule has 2 amide bonds. The molecule has 3 unspecified atom stereocenters. The molecule has 7 nitrogen and oxygen atoms in total. The monoisotopic (exact) mass is 312 g/mol. The number of ether oxygens (including phenoxy) is 2. The Morgan fingerprint density at radius 1 is 1.32 bits per heavy atom. The molecule has 2 fully saturated rings. The van der Waals surface area contributed by atoms with Crippen LogP contribution in [0.15, 0.2) is 0 Å². The second-order valence-corrected chi connectivity index (χ2v) is 6.81. The molecule has 2 heterocycles. The van der Waals surface area contributed by atoms with Crippen molar-refractivity contribution in [1.82, 2.24) is 10.2 Å². The van der Waals surface area contributed by atoms with Crippen LogP contribution in [0.2, 0.25) is 0 Å². The van der Waals surface area contributed by atoms with E-state index in [4.69, 9.17) is 9.47 Å². The number of rotatable bonds is 2. The molecule has 3 atom stereocenters. The lowest BCUT2D eigenvalue weighted by Gasteiger charge is -2.37. The smallest absolute Gasteiger partial charge is 0.407 e. The number of carbonyl (C=O) groups is 3. The molecule has 2 aliphatic heterocycles. The average Bonchev–Trinajstić information content (AvgIpc) is 2.75. The Balaban J connectivity index is 2.04. The van der Waals surface area contributed by atoms with Crippen LogP contribution in [-0.2, 0) is 19.1 Å². The fourth-order valence-electron chi connectivity index (χ4n) is 3.13. The van der Waals surface area contributed by atoms with Gasteiger partial charge in [-0.1, -0.05) is 0 Å². The molecule has 7 heteroatoms. The maximum absolute atomic E-state index is 12.3. The maximum Gasteiger partial charge on any atom is 0.407 e. The van der Waals surface area contributed by atoms with Gasteiger partial charge in [-0.25, -0.2) is 4.79 Å². The van der Waals surface area contributed by atoms with Crippen LogP contribution < -0.4 is 5.32 Å². The number of fused-ring (bicyclic) bond motifs is 1. The lowest BCUT2D eigenvalue weighted by Crippen LogP contribution is -2.54. The zero-order chi connectivity index (χ0) is 16.5.